The molecule has 0 rings (SSSR count). The second-order valence-corrected chi connectivity index (χ2v) is 15.2. The van der Waals surface area contributed by atoms with Gasteiger partial charge in [-0.15, -0.1) is 0 Å². The van der Waals surface area contributed by atoms with Crippen molar-refractivity contribution in [3.05, 3.63) is 0 Å². The molecular weight excluding hydrogens is 381 g/mol. The molecule has 0 aliphatic carbocycles. The van der Waals surface area contributed by atoms with E-state index in [-0.39, 0.29) is 6.54 Å². The van der Waals surface area contributed by atoms with Crippen LogP contribution in [0.5, 0.6) is 0 Å². The van der Waals surface area contributed by atoms with Crippen molar-refractivity contribution in [3.63, 3.8) is 0 Å². The van der Waals surface area contributed by atoms with Crippen LogP contribution in [0.3, 0.4) is 0 Å². The third kappa shape index (κ3) is 13.8. The molecule has 0 bridgehead atoms. The van der Waals surface area contributed by atoms with E-state index in [4.69, 9.17) is 39.5 Å². The van der Waals surface area contributed by atoms with Crippen LogP contribution in [-0.2, 0) is 24.0 Å². The fourth-order valence-corrected chi connectivity index (χ4v) is 4.21. The van der Waals surface area contributed by atoms with Gasteiger partial charge < -0.3 is 4.74 Å². The standard InChI is InChI=1S/C10H20Cl3NO5SSi/c1-8(15)19-9(6-21(2,3)4)5-14-20(16,17)18-7-10(11,12)13/h9,14H,5-7H2,1-4H3. The third-order valence-corrected chi connectivity index (χ3v) is 4.99. The summed E-state index contributed by atoms with van der Waals surface area (Å²) in [5.41, 5.74) is 0. The maximum atomic E-state index is 11.6. The molecule has 1 N–H and O–H groups in total. The first-order valence-electron chi connectivity index (χ1n) is 6.08. The van der Waals surface area contributed by atoms with Gasteiger partial charge in [-0.05, 0) is 6.04 Å². The number of ether oxygens (including phenoxy) is 1. The highest BCUT2D eigenvalue weighted by molar-refractivity contribution is 7.84. The summed E-state index contributed by atoms with van der Waals surface area (Å²) in [6.07, 6.45) is -0.555. The van der Waals surface area contributed by atoms with Gasteiger partial charge in [-0.2, -0.15) is 13.1 Å². The predicted octanol–water partition coefficient (Wildman–Crippen LogP) is 2.48. The van der Waals surface area contributed by atoms with Crippen molar-refractivity contribution in [1.82, 2.24) is 4.72 Å². The number of rotatable bonds is 8. The number of esters is 1. The summed E-state index contributed by atoms with van der Waals surface area (Å²) >= 11 is 16.2. The normalized spacial score (nSPS) is 14.8. The van der Waals surface area contributed by atoms with Crippen molar-refractivity contribution in [2.75, 3.05) is 13.2 Å². The Kier molecular flexibility index (Phi) is 8.50. The number of hydrogen-bond acceptors (Lipinski definition) is 5. The largest absolute Gasteiger partial charge is 0.461 e. The number of alkyl halides is 3. The van der Waals surface area contributed by atoms with E-state index in [0.717, 1.165) is 0 Å². The lowest BCUT2D eigenvalue weighted by Gasteiger charge is -2.24. The number of halogens is 3. The Labute approximate surface area is 141 Å². The van der Waals surface area contributed by atoms with E-state index in [9.17, 15) is 13.2 Å². The third-order valence-electron chi connectivity index (χ3n) is 2.04. The maximum absolute atomic E-state index is 11.6. The Hall–Kier alpha value is 0.427. The van der Waals surface area contributed by atoms with Gasteiger partial charge in [-0.25, -0.2) is 0 Å². The lowest BCUT2D eigenvalue weighted by molar-refractivity contribution is -0.145. The Morgan fingerprint density at radius 1 is 1.29 bits per heavy atom. The highest BCUT2D eigenvalue weighted by atomic mass is 35.6. The molecule has 21 heavy (non-hydrogen) atoms. The summed E-state index contributed by atoms with van der Waals surface area (Å²) < 4.78 is 33.2. The minimum absolute atomic E-state index is 0.0912. The highest BCUT2D eigenvalue weighted by Crippen LogP contribution is 2.26. The minimum atomic E-state index is -4.08. The first kappa shape index (κ1) is 21.4. The molecular formula is C10H20Cl3NO5SSi. The van der Waals surface area contributed by atoms with Gasteiger partial charge in [-0.3, -0.25) is 8.98 Å². The molecule has 0 heterocycles. The van der Waals surface area contributed by atoms with E-state index in [2.05, 4.69) is 28.5 Å². The first-order valence-corrected chi connectivity index (χ1v) is 12.3. The molecule has 0 fully saturated rings. The predicted molar refractivity (Wildman–Crippen MR) is 86.9 cm³/mol. The molecule has 0 spiro atoms. The molecule has 0 radical (unpaired) electrons. The van der Waals surface area contributed by atoms with Crippen LogP contribution in [0.25, 0.3) is 0 Å². The molecule has 126 valence electrons. The van der Waals surface area contributed by atoms with E-state index in [0.29, 0.717) is 6.04 Å². The number of carbonyl (C=O) groups excluding carboxylic acids is 1. The Morgan fingerprint density at radius 2 is 1.81 bits per heavy atom. The zero-order valence-electron chi connectivity index (χ0n) is 12.3. The molecule has 0 saturated heterocycles. The fraction of sp³-hybridized carbons (Fsp3) is 0.900. The van der Waals surface area contributed by atoms with Crippen molar-refractivity contribution in [2.45, 2.75) is 42.5 Å². The van der Waals surface area contributed by atoms with Crippen molar-refractivity contribution in [1.29, 1.82) is 0 Å². The molecule has 11 heteroatoms. The summed E-state index contributed by atoms with van der Waals surface area (Å²) in [5.74, 6) is -0.473. The van der Waals surface area contributed by atoms with Crippen LogP contribution < -0.4 is 4.72 Å². The topological polar surface area (TPSA) is 81.7 Å². The van der Waals surface area contributed by atoms with E-state index in [1.54, 1.807) is 0 Å². The second kappa shape index (κ2) is 8.33. The maximum Gasteiger partial charge on any atom is 0.336 e. The lowest BCUT2D eigenvalue weighted by Crippen LogP contribution is -2.40. The molecule has 6 nitrogen and oxygen atoms in total. The van der Waals surface area contributed by atoms with Gasteiger partial charge in [0.15, 0.2) is 0 Å². The Balaban J connectivity index is 4.55. The van der Waals surface area contributed by atoms with E-state index in [1.165, 1.54) is 6.92 Å². The Bertz CT molecular complexity index is 447. The van der Waals surface area contributed by atoms with Crippen molar-refractivity contribution < 1.29 is 22.1 Å². The smallest absolute Gasteiger partial charge is 0.336 e. The average Bonchev–Trinajstić information content (AvgIpc) is 2.20. The highest BCUT2D eigenvalue weighted by Gasteiger charge is 2.27. The first-order chi connectivity index (χ1) is 9.20. The van der Waals surface area contributed by atoms with Gasteiger partial charge in [0.2, 0.25) is 3.79 Å². The molecule has 0 aromatic heterocycles. The zero-order valence-corrected chi connectivity index (χ0v) is 16.4. The number of nitrogens with one attached hydrogen (secondary N) is 1. The van der Waals surface area contributed by atoms with Gasteiger partial charge in [0, 0.05) is 21.5 Å². The zero-order chi connectivity index (χ0) is 16.9. The lowest BCUT2D eigenvalue weighted by atomic mass is 10.4. The van der Waals surface area contributed by atoms with Crippen LogP contribution in [0.1, 0.15) is 6.92 Å². The molecule has 0 amide bonds. The number of hydrogen-bond donors (Lipinski definition) is 1. The van der Waals surface area contributed by atoms with Crippen LogP contribution in [0.15, 0.2) is 0 Å². The monoisotopic (exact) mass is 399 g/mol. The van der Waals surface area contributed by atoms with Crippen LogP contribution in [0.4, 0.5) is 0 Å². The minimum Gasteiger partial charge on any atom is -0.461 e. The summed E-state index contributed by atoms with van der Waals surface area (Å²) in [4.78, 5) is 11.1. The molecule has 0 aromatic carbocycles. The van der Waals surface area contributed by atoms with Gasteiger partial charge in [0.25, 0.3) is 0 Å². The quantitative estimate of drug-likeness (QED) is 0.384. The van der Waals surface area contributed by atoms with E-state index >= 15 is 0 Å². The van der Waals surface area contributed by atoms with E-state index < -0.39 is 40.9 Å². The summed E-state index contributed by atoms with van der Waals surface area (Å²) in [6.45, 7) is 6.81. The van der Waals surface area contributed by atoms with Crippen LogP contribution >= 0.6 is 34.8 Å². The summed E-state index contributed by atoms with van der Waals surface area (Å²) in [6, 6.07) is 0.611. The average molecular weight is 401 g/mol. The molecule has 0 aromatic rings. The van der Waals surface area contributed by atoms with Gasteiger partial charge >= 0.3 is 16.3 Å². The van der Waals surface area contributed by atoms with Crippen molar-refractivity contribution in [3.8, 4) is 0 Å². The van der Waals surface area contributed by atoms with Gasteiger partial charge in [-0.1, -0.05) is 54.4 Å². The Morgan fingerprint density at radius 3 is 2.19 bits per heavy atom. The summed E-state index contributed by atoms with van der Waals surface area (Å²) in [7, 11) is -5.63. The molecule has 0 aliphatic heterocycles. The molecule has 1 atom stereocenters. The molecule has 0 aliphatic rings. The van der Waals surface area contributed by atoms with Crippen molar-refractivity contribution >= 4 is 59.2 Å². The molecule has 1 unspecified atom stereocenters. The number of carbonyl (C=O) groups is 1. The SMILES string of the molecule is CC(=O)OC(CNS(=O)(=O)OCC(Cl)(Cl)Cl)C[Si](C)(C)C. The van der Waals surface area contributed by atoms with E-state index in [1.807, 2.05) is 0 Å². The van der Waals surface area contributed by atoms with Gasteiger partial charge in [0.05, 0.1) is 0 Å². The van der Waals surface area contributed by atoms with Crippen LogP contribution in [-0.4, -0.2) is 45.5 Å². The van der Waals surface area contributed by atoms with Crippen LogP contribution in [0, 0.1) is 0 Å². The molecule has 0 saturated carbocycles. The van der Waals surface area contributed by atoms with Crippen molar-refractivity contribution in [2.24, 2.45) is 0 Å². The fourth-order valence-electron chi connectivity index (χ4n) is 1.45. The summed E-state index contributed by atoms with van der Waals surface area (Å²) in [5, 5.41) is 0. The van der Waals surface area contributed by atoms with Crippen LogP contribution in [0.2, 0.25) is 25.7 Å². The van der Waals surface area contributed by atoms with Gasteiger partial charge in [0.1, 0.15) is 12.7 Å². The second-order valence-electron chi connectivity index (χ2n) is 5.68.